The van der Waals surface area contributed by atoms with E-state index < -0.39 is 0 Å². The second kappa shape index (κ2) is 4.36. The van der Waals surface area contributed by atoms with Crippen molar-refractivity contribution in [1.82, 2.24) is 9.97 Å². The molecule has 0 spiro atoms. The Kier molecular flexibility index (Phi) is 2.62. The SMILES string of the molecule is Cc1cc(C)cc(-c2ncnc3sc4ccsc4c23)c1. The zero-order valence-corrected chi connectivity index (χ0v) is 12.8. The Hall–Kier alpha value is -1.78. The van der Waals surface area contributed by atoms with Crippen LogP contribution in [0.15, 0.2) is 36.0 Å². The number of aryl methyl sites for hydroxylation is 2. The molecule has 0 bridgehead atoms. The molecule has 0 aliphatic rings. The molecule has 0 aliphatic carbocycles. The van der Waals surface area contributed by atoms with Gasteiger partial charge in [0.05, 0.1) is 15.8 Å². The monoisotopic (exact) mass is 296 g/mol. The number of hydrogen-bond acceptors (Lipinski definition) is 4. The summed E-state index contributed by atoms with van der Waals surface area (Å²) in [6.45, 7) is 4.26. The van der Waals surface area contributed by atoms with Gasteiger partial charge in [-0.3, -0.25) is 0 Å². The third-order valence-corrected chi connectivity index (χ3v) is 5.49. The molecule has 2 nitrogen and oxygen atoms in total. The summed E-state index contributed by atoms with van der Waals surface area (Å²) in [4.78, 5) is 10.1. The number of nitrogens with zero attached hydrogens (tertiary/aromatic N) is 2. The van der Waals surface area contributed by atoms with Crippen molar-refractivity contribution >= 4 is 42.3 Å². The smallest absolute Gasteiger partial charge is 0.129 e. The molecule has 4 aromatic rings. The summed E-state index contributed by atoms with van der Waals surface area (Å²) in [7, 11) is 0. The first-order valence-electron chi connectivity index (χ1n) is 6.42. The minimum absolute atomic E-state index is 1.05. The lowest BCUT2D eigenvalue weighted by molar-refractivity contribution is 1.23. The lowest BCUT2D eigenvalue weighted by atomic mass is 10.0. The topological polar surface area (TPSA) is 25.8 Å². The molecule has 98 valence electrons. The van der Waals surface area contributed by atoms with Crippen LogP contribution in [0.4, 0.5) is 0 Å². The molecule has 0 N–H and O–H groups in total. The summed E-state index contributed by atoms with van der Waals surface area (Å²) >= 11 is 3.52. The number of fused-ring (bicyclic) bond motifs is 3. The van der Waals surface area contributed by atoms with Gasteiger partial charge in [-0.25, -0.2) is 9.97 Å². The van der Waals surface area contributed by atoms with Crippen molar-refractivity contribution in [2.45, 2.75) is 13.8 Å². The lowest BCUT2D eigenvalue weighted by Gasteiger charge is -2.05. The number of aromatic nitrogens is 2. The molecular formula is C16H12N2S2. The lowest BCUT2D eigenvalue weighted by Crippen LogP contribution is -1.88. The van der Waals surface area contributed by atoms with Gasteiger partial charge >= 0.3 is 0 Å². The van der Waals surface area contributed by atoms with Gasteiger partial charge in [-0.05, 0) is 37.4 Å². The Morgan fingerprint density at radius 1 is 1.00 bits per heavy atom. The van der Waals surface area contributed by atoms with Crippen LogP contribution >= 0.6 is 22.7 Å². The van der Waals surface area contributed by atoms with Crippen molar-refractivity contribution in [1.29, 1.82) is 0 Å². The average Bonchev–Trinajstić information content (AvgIpc) is 2.96. The number of rotatable bonds is 1. The van der Waals surface area contributed by atoms with E-state index in [1.165, 1.54) is 31.5 Å². The number of thiophene rings is 2. The van der Waals surface area contributed by atoms with Crippen molar-refractivity contribution in [3.63, 3.8) is 0 Å². The molecule has 3 aromatic heterocycles. The quantitative estimate of drug-likeness (QED) is 0.483. The Balaban J connectivity index is 2.12. The fourth-order valence-corrected chi connectivity index (χ4v) is 4.84. The summed E-state index contributed by atoms with van der Waals surface area (Å²) in [6.07, 6.45) is 1.68. The maximum atomic E-state index is 4.56. The molecule has 3 heterocycles. The van der Waals surface area contributed by atoms with Gasteiger partial charge < -0.3 is 0 Å². The van der Waals surface area contributed by atoms with E-state index in [4.69, 9.17) is 0 Å². The standard InChI is InChI=1S/C16H12N2S2/c1-9-5-10(2)7-11(6-9)14-13-15-12(3-4-19-15)20-16(13)18-8-17-14/h3-8H,1-2H3. The van der Waals surface area contributed by atoms with Gasteiger partial charge in [0.1, 0.15) is 11.2 Å². The van der Waals surface area contributed by atoms with Gasteiger partial charge in [-0.15, -0.1) is 22.7 Å². The van der Waals surface area contributed by atoms with E-state index in [9.17, 15) is 0 Å². The third kappa shape index (κ3) is 1.76. The molecule has 0 saturated heterocycles. The molecule has 4 heteroatoms. The minimum atomic E-state index is 1.05. The Labute approximate surface area is 124 Å². The van der Waals surface area contributed by atoms with E-state index in [0.29, 0.717) is 0 Å². The highest BCUT2D eigenvalue weighted by Crippen LogP contribution is 2.40. The van der Waals surface area contributed by atoms with Crippen LogP contribution in [0.1, 0.15) is 11.1 Å². The van der Waals surface area contributed by atoms with Gasteiger partial charge in [0.25, 0.3) is 0 Å². The summed E-state index contributed by atoms with van der Waals surface area (Å²) in [5, 5.41) is 3.34. The summed E-state index contributed by atoms with van der Waals surface area (Å²) in [5.74, 6) is 0. The predicted molar refractivity (Wildman–Crippen MR) is 87.7 cm³/mol. The molecule has 0 aliphatic heterocycles. The second-order valence-corrected chi connectivity index (χ2v) is 6.94. The summed E-state index contributed by atoms with van der Waals surface area (Å²) in [6, 6.07) is 8.76. The van der Waals surface area contributed by atoms with E-state index in [1.54, 1.807) is 29.0 Å². The molecule has 0 unspecified atom stereocenters. The van der Waals surface area contributed by atoms with E-state index in [-0.39, 0.29) is 0 Å². The fourth-order valence-electron chi connectivity index (χ4n) is 2.65. The maximum absolute atomic E-state index is 4.56. The molecule has 0 radical (unpaired) electrons. The Bertz CT molecular complexity index is 914. The van der Waals surface area contributed by atoms with Gasteiger partial charge in [-0.1, -0.05) is 17.2 Å². The molecule has 20 heavy (non-hydrogen) atoms. The van der Waals surface area contributed by atoms with Crippen LogP contribution in [0.3, 0.4) is 0 Å². The number of hydrogen-bond donors (Lipinski definition) is 0. The van der Waals surface area contributed by atoms with Crippen LogP contribution in [-0.4, -0.2) is 9.97 Å². The van der Waals surface area contributed by atoms with Crippen molar-refractivity contribution in [3.05, 3.63) is 47.1 Å². The van der Waals surface area contributed by atoms with E-state index >= 15 is 0 Å². The third-order valence-electron chi connectivity index (χ3n) is 3.37. The molecule has 0 saturated carbocycles. The summed E-state index contributed by atoms with van der Waals surface area (Å²) < 4.78 is 2.61. The van der Waals surface area contributed by atoms with Crippen molar-refractivity contribution in [2.24, 2.45) is 0 Å². The van der Waals surface area contributed by atoms with Crippen LogP contribution in [0, 0.1) is 13.8 Å². The van der Waals surface area contributed by atoms with Crippen molar-refractivity contribution < 1.29 is 0 Å². The molecule has 0 fully saturated rings. The summed E-state index contributed by atoms with van der Waals surface area (Å²) in [5.41, 5.74) is 4.77. The highest BCUT2D eigenvalue weighted by atomic mass is 32.1. The van der Waals surface area contributed by atoms with E-state index in [0.717, 1.165) is 10.5 Å². The van der Waals surface area contributed by atoms with Gasteiger partial charge in [0, 0.05) is 10.3 Å². The van der Waals surface area contributed by atoms with Crippen LogP contribution in [0.25, 0.3) is 30.9 Å². The van der Waals surface area contributed by atoms with E-state index in [2.05, 4.69) is 53.5 Å². The molecular weight excluding hydrogens is 284 g/mol. The van der Waals surface area contributed by atoms with Crippen LogP contribution < -0.4 is 0 Å². The highest BCUT2D eigenvalue weighted by molar-refractivity contribution is 7.31. The van der Waals surface area contributed by atoms with Crippen molar-refractivity contribution in [2.75, 3.05) is 0 Å². The molecule has 1 aromatic carbocycles. The maximum Gasteiger partial charge on any atom is 0.129 e. The van der Waals surface area contributed by atoms with Crippen LogP contribution in [0.2, 0.25) is 0 Å². The predicted octanol–water partition coefficient (Wildman–Crippen LogP) is 5.19. The van der Waals surface area contributed by atoms with Crippen LogP contribution in [-0.2, 0) is 0 Å². The first kappa shape index (κ1) is 12.0. The minimum Gasteiger partial charge on any atom is -0.236 e. The Morgan fingerprint density at radius 2 is 1.80 bits per heavy atom. The Morgan fingerprint density at radius 3 is 2.60 bits per heavy atom. The number of benzene rings is 1. The molecule has 4 rings (SSSR count). The van der Waals surface area contributed by atoms with Gasteiger partial charge in [0.15, 0.2) is 0 Å². The highest BCUT2D eigenvalue weighted by Gasteiger charge is 2.14. The van der Waals surface area contributed by atoms with E-state index in [1.807, 2.05) is 0 Å². The fraction of sp³-hybridized carbons (Fsp3) is 0.125. The normalized spacial score (nSPS) is 11.5. The second-order valence-electron chi connectivity index (χ2n) is 4.99. The van der Waals surface area contributed by atoms with Crippen LogP contribution in [0.5, 0.6) is 0 Å². The van der Waals surface area contributed by atoms with Gasteiger partial charge in [-0.2, -0.15) is 0 Å². The largest absolute Gasteiger partial charge is 0.236 e. The average molecular weight is 296 g/mol. The van der Waals surface area contributed by atoms with Gasteiger partial charge in [0.2, 0.25) is 0 Å². The molecule has 0 atom stereocenters. The molecule has 0 amide bonds. The zero-order chi connectivity index (χ0) is 13.7. The van der Waals surface area contributed by atoms with Crippen molar-refractivity contribution in [3.8, 4) is 11.3 Å². The zero-order valence-electron chi connectivity index (χ0n) is 11.2. The first-order chi connectivity index (χ1) is 9.72. The first-order valence-corrected chi connectivity index (χ1v) is 8.11.